The van der Waals surface area contributed by atoms with E-state index in [4.69, 9.17) is 16.3 Å². The van der Waals surface area contributed by atoms with Crippen molar-refractivity contribution in [2.75, 3.05) is 12.4 Å². The Balaban J connectivity index is 2.07. The van der Waals surface area contributed by atoms with Gasteiger partial charge in [0.05, 0.1) is 18.7 Å². The minimum atomic E-state index is 0.594. The number of aryl methyl sites for hydroxylation is 1. The van der Waals surface area contributed by atoms with Crippen molar-refractivity contribution in [2.24, 2.45) is 7.05 Å². The highest BCUT2D eigenvalue weighted by molar-refractivity contribution is 6.32. The lowest BCUT2D eigenvalue weighted by Crippen LogP contribution is -2.06. The molecule has 0 saturated carbocycles. The zero-order valence-electron chi connectivity index (χ0n) is 9.64. The molecule has 0 spiro atoms. The number of hydrogen-bond donors (Lipinski definition) is 1. The van der Waals surface area contributed by atoms with Crippen LogP contribution >= 0.6 is 11.6 Å². The molecule has 0 bridgehead atoms. The molecule has 6 heteroatoms. The Morgan fingerprint density at radius 1 is 1.47 bits per heavy atom. The maximum atomic E-state index is 5.94. The number of methoxy groups -OCH3 is 1. The third-order valence-electron chi connectivity index (χ3n) is 2.41. The lowest BCUT2D eigenvalue weighted by atomic mass is 10.3. The summed E-state index contributed by atoms with van der Waals surface area (Å²) in [5.41, 5.74) is 0.925. The maximum Gasteiger partial charge on any atom is 0.145 e. The summed E-state index contributed by atoms with van der Waals surface area (Å²) in [5.74, 6) is 1.51. The van der Waals surface area contributed by atoms with E-state index in [1.54, 1.807) is 17.9 Å². The van der Waals surface area contributed by atoms with Gasteiger partial charge in [-0.1, -0.05) is 11.6 Å². The molecule has 2 aromatic rings. The van der Waals surface area contributed by atoms with Crippen molar-refractivity contribution < 1.29 is 4.74 Å². The number of halogens is 1. The Morgan fingerprint density at radius 2 is 2.29 bits per heavy atom. The summed E-state index contributed by atoms with van der Waals surface area (Å²) in [5, 5.41) is 7.82. The van der Waals surface area contributed by atoms with Crippen molar-refractivity contribution in [1.82, 2.24) is 14.8 Å². The van der Waals surface area contributed by atoms with E-state index < -0.39 is 0 Å². The first kappa shape index (κ1) is 11.7. The number of nitrogens with zero attached hydrogens (tertiary/aromatic N) is 3. The molecule has 0 saturated heterocycles. The van der Waals surface area contributed by atoms with Gasteiger partial charge in [0.15, 0.2) is 0 Å². The quantitative estimate of drug-likeness (QED) is 0.905. The fraction of sp³-hybridized carbons (Fsp3) is 0.273. The number of ether oxygens (including phenoxy) is 1. The number of anilines is 1. The molecule has 1 N–H and O–H groups in total. The van der Waals surface area contributed by atoms with Crippen LogP contribution in [0, 0.1) is 0 Å². The van der Waals surface area contributed by atoms with E-state index in [2.05, 4.69) is 15.4 Å². The second kappa shape index (κ2) is 5.05. The Morgan fingerprint density at radius 3 is 2.94 bits per heavy atom. The van der Waals surface area contributed by atoms with Gasteiger partial charge in [-0.05, 0) is 12.1 Å². The highest BCUT2D eigenvalue weighted by Crippen LogP contribution is 2.27. The monoisotopic (exact) mass is 252 g/mol. The number of hydrogen-bond acceptors (Lipinski definition) is 4. The third kappa shape index (κ3) is 2.68. The van der Waals surface area contributed by atoms with Gasteiger partial charge in [0.25, 0.3) is 0 Å². The molecular weight excluding hydrogens is 240 g/mol. The van der Waals surface area contributed by atoms with Gasteiger partial charge in [0, 0.05) is 18.8 Å². The summed E-state index contributed by atoms with van der Waals surface area (Å²) in [4.78, 5) is 4.12. The summed E-state index contributed by atoms with van der Waals surface area (Å²) < 4.78 is 6.86. The van der Waals surface area contributed by atoms with Crippen LogP contribution in [0.4, 0.5) is 5.69 Å². The molecule has 0 amide bonds. The molecule has 0 unspecified atom stereocenters. The van der Waals surface area contributed by atoms with Crippen molar-refractivity contribution in [3.05, 3.63) is 35.4 Å². The van der Waals surface area contributed by atoms with Gasteiger partial charge in [-0.3, -0.25) is 4.68 Å². The van der Waals surface area contributed by atoms with E-state index in [0.717, 1.165) is 11.5 Å². The number of nitrogens with one attached hydrogen (secondary N) is 1. The number of rotatable bonds is 4. The largest absolute Gasteiger partial charge is 0.495 e. The number of benzene rings is 1. The zero-order valence-corrected chi connectivity index (χ0v) is 10.4. The molecule has 2 rings (SSSR count). The highest BCUT2D eigenvalue weighted by atomic mass is 35.5. The van der Waals surface area contributed by atoms with Crippen LogP contribution in [0.5, 0.6) is 5.75 Å². The van der Waals surface area contributed by atoms with Crippen molar-refractivity contribution in [1.29, 1.82) is 0 Å². The maximum absolute atomic E-state index is 5.94. The third-order valence-corrected chi connectivity index (χ3v) is 2.72. The van der Waals surface area contributed by atoms with E-state index in [0.29, 0.717) is 17.3 Å². The first-order chi connectivity index (χ1) is 8.20. The standard InChI is InChI=1S/C11H13ClN4O/c1-16-11(14-7-15-16)6-13-8-3-4-9(12)10(5-8)17-2/h3-5,7,13H,6H2,1-2H3. The van der Waals surface area contributed by atoms with Crippen LogP contribution in [0.1, 0.15) is 5.82 Å². The van der Waals surface area contributed by atoms with E-state index in [-0.39, 0.29) is 0 Å². The van der Waals surface area contributed by atoms with Gasteiger partial charge in [0.2, 0.25) is 0 Å². The summed E-state index contributed by atoms with van der Waals surface area (Å²) in [6.45, 7) is 0.598. The molecule has 0 aliphatic heterocycles. The van der Waals surface area contributed by atoms with Gasteiger partial charge in [-0.25, -0.2) is 4.98 Å². The highest BCUT2D eigenvalue weighted by Gasteiger charge is 2.03. The topological polar surface area (TPSA) is 52.0 Å². The molecule has 1 aromatic heterocycles. The molecule has 1 aromatic carbocycles. The molecule has 17 heavy (non-hydrogen) atoms. The van der Waals surface area contributed by atoms with Gasteiger partial charge >= 0.3 is 0 Å². The van der Waals surface area contributed by atoms with Crippen LogP contribution < -0.4 is 10.1 Å². The summed E-state index contributed by atoms with van der Waals surface area (Å²) in [6.07, 6.45) is 1.53. The molecule has 0 atom stereocenters. The van der Waals surface area contributed by atoms with Crippen molar-refractivity contribution >= 4 is 17.3 Å². The predicted molar refractivity (Wildman–Crippen MR) is 66.3 cm³/mol. The van der Waals surface area contributed by atoms with Crippen LogP contribution in [0.3, 0.4) is 0 Å². The van der Waals surface area contributed by atoms with E-state index >= 15 is 0 Å². The van der Waals surface area contributed by atoms with Gasteiger partial charge < -0.3 is 10.1 Å². The average Bonchev–Trinajstić information content (AvgIpc) is 2.74. The number of aromatic nitrogens is 3. The smallest absolute Gasteiger partial charge is 0.145 e. The van der Waals surface area contributed by atoms with E-state index in [1.165, 1.54) is 6.33 Å². The van der Waals surface area contributed by atoms with Crippen LogP contribution in [0.15, 0.2) is 24.5 Å². The zero-order chi connectivity index (χ0) is 12.3. The lowest BCUT2D eigenvalue weighted by Gasteiger charge is -2.08. The van der Waals surface area contributed by atoms with Crippen LogP contribution in [0.2, 0.25) is 5.02 Å². The Bertz CT molecular complexity index is 512. The van der Waals surface area contributed by atoms with Crippen molar-refractivity contribution in [3.8, 4) is 5.75 Å². The first-order valence-corrected chi connectivity index (χ1v) is 5.49. The van der Waals surface area contributed by atoms with Gasteiger partial charge in [0.1, 0.15) is 17.9 Å². The molecule has 5 nitrogen and oxygen atoms in total. The molecule has 0 radical (unpaired) electrons. The molecule has 0 fully saturated rings. The van der Waals surface area contributed by atoms with Gasteiger partial charge in [-0.15, -0.1) is 0 Å². The van der Waals surface area contributed by atoms with Crippen molar-refractivity contribution in [3.63, 3.8) is 0 Å². The molecule has 90 valence electrons. The van der Waals surface area contributed by atoms with Crippen LogP contribution in [0.25, 0.3) is 0 Å². The summed E-state index contributed by atoms with van der Waals surface area (Å²) in [6, 6.07) is 5.53. The lowest BCUT2D eigenvalue weighted by molar-refractivity contribution is 0.415. The fourth-order valence-corrected chi connectivity index (χ4v) is 1.63. The fourth-order valence-electron chi connectivity index (χ4n) is 1.43. The molecule has 0 aliphatic carbocycles. The SMILES string of the molecule is COc1cc(NCc2ncnn2C)ccc1Cl. The van der Waals surface area contributed by atoms with Crippen LogP contribution in [-0.2, 0) is 13.6 Å². The van der Waals surface area contributed by atoms with E-state index in [9.17, 15) is 0 Å². The normalized spacial score (nSPS) is 10.3. The van der Waals surface area contributed by atoms with E-state index in [1.807, 2.05) is 19.2 Å². The second-order valence-corrected chi connectivity index (χ2v) is 3.91. The Labute approximate surface area is 104 Å². The molecule has 1 heterocycles. The summed E-state index contributed by atoms with van der Waals surface area (Å²) >= 11 is 5.94. The summed E-state index contributed by atoms with van der Waals surface area (Å²) in [7, 11) is 3.44. The Kier molecular flexibility index (Phi) is 3.49. The average molecular weight is 253 g/mol. The van der Waals surface area contributed by atoms with Crippen molar-refractivity contribution in [2.45, 2.75) is 6.54 Å². The molecule has 0 aliphatic rings. The minimum Gasteiger partial charge on any atom is -0.495 e. The van der Waals surface area contributed by atoms with Gasteiger partial charge in [-0.2, -0.15) is 5.10 Å². The second-order valence-electron chi connectivity index (χ2n) is 3.50. The van der Waals surface area contributed by atoms with Crippen LogP contribution in [-0.4, -0.2) is 21.9 Å². The minimum absolute atomic E-state index is 0.594. The Hall–Kier alpha value is -1.75. The predicted octanol–water partition coefficient (Wildman–Crippen LogP) is 2.09. The molecular formula is C11H13ClN4O. The first-order valence-electron chi connectivity index (χ1n) is 5.11.